The Kier molecular flexibility index (Phi) is 6.60. The van der Waals surface area contributed by atoms with Crippen LogP contribution in [0.5, 0.6) is 11.5 Å². The number of hydrogen-bond donors (Lipinski definition) is 2. The number of amidine groups is 1. The molecule has 1 aromatic carbocycles. The average molecular weight is 371 g/mol. The summed E-state index contributed by atoms with van der Waals surface area (Å²) in [6.07, 6.45) is -2.96. The van der Waals surface area contributed by atoms with Gasteiger partial charge in [-0.15, -0.1) is 13.2 Å². The van der Waals surface area contributed by atoms with Crippen LogP contribution in [0.25, 0.3) is 0 Å². The molecule has 0 aliphatic heterocycles. The Morgan fingerprint density at radius 3 is 2.62 bits per heavy atom. The molecule has 0 saturated carbocycles. The van der Waals surface area contributed by atoms with E-state index in [-0.39, 0.29) is 16.1 Å². The standard InChI is InChI=1S/C12H14BrF3N2O3/c13-9-7-8(4-5-10(9)21-12(14,15)16)20-6-2-1-3-11(17)18-19/h4-5,7,19H,1-3,6H2,(H2,17,18). The fourth-order valence-corrected chi connectivity index (χ4v) is 1.87. The minimum atomic E-state index is -4.74. The van der Waals surface area contributed by atoms with E-state index in [0.717, 1.165) is 0 Å². The van der Waals surface area contributed by atoms with Crippen molar-refractivity contribution in [3.63, 3.8) is 0 Å². The second-order valence-electron chi connectivity index (χ2n) is 4.04. The topological polar surface area (TPSA) is 77.1 Å². The number of rotatable bonds is 7. The second-order valence-corrected chi connectivity index (χ2v) is 4.89. The van der Waals surface area contributed by atoms with Crippen molar-refractivity contribution in [3.8, 4) is 11.5 Å². The fourth-order valence-electron chi connectivity index (χ4n) is 1.43. The summed E-state index contributed by atoms with van der Waals surface area (Å²) in [4.78, 5) is 0. The first-order chi connectivity index (χ1) is 9.81. The predicted octanol–water partition coefficient (Wildman–Crippen LogP) is 3.64. The van der Waals surface area contributed by atoms with Crippen LogP contribution in [0.2, 0.25) is 0 Å². The van der Waals surface area contributed by atoms with Gasteiger partial charge in [-0.1, -0.05) is 5.16 Å². The molecule has 0 aromatic heterocycles. The van der Waals surface area contributed by atoms with Gasteiger partial charge in [0.25, 0.3) is 0 Å². The van der Waals surface area contributed by atoms with E-state index in [1.807, 2.05) is 0 Å². The summed E-state index contributed by atoms with van der Waals surface area (Å²) >= 11 is 2.99. The molecule has 1 rings (SSSR count). The summed E-state index contributed by atoms with van der Waals surface area (Å²) in [5, 5.41) is 11.2. The number of ether oxygens (including phenoxy) is 2. The highest BCUT2D eigenvalue weighted by molar-refractivity contribution is 9.10. The summed E-state index contributed by atoms with van der Waals surface area (Å²) in [6.45, 7) is 0.366. The van der Waals surface area contributed by atoms with Crippen molar-refractivity contribution in [2.45, 2.75) is 25.6 Å². The molecule has 0 aliphatic rings. The Morgan fingerprint density at radius 1 is 1.33 bits per heavy atom. The van der Waals surface area contributed by atoms with Crippen molar-refractivity contribution >= 4 is 21.8 Å². The second kappa shape index (κ2) is 7.96. The molecule has 0 radical (unpaired) electrons. The summed E-state index contributed by atoms with van der Waals surface area (Å²) < 4.78 is 45.6. The van der Waals surface area contributed by atoms with E-state index in [9.17, 15) is 13.2 Å². The molecular formula is C12H14BrF3N2O3. The number of benzene rings is 1. The molecule has 0 aliphatic carbocycles. The van der Waals surface area contributed by atoms with Gasteiger partial charge in [-0.25, -0.2) is 0 Å². The van der Waals surface area contributed by atoms with Crippen LogP contribution in [-0.2, 0) is 0 Å². The fraction of sp³-hybridized carbons (Fsp3) is 0.417. The molecule has 0 saturated heterocycles. The molecule has 0 amide bonds. The van der Waals surface area contributed by atoms with Crippen LogP contribution in [0, 0.1) is 0 Å². The molecule has 0 fully saturated rings. The lowest BCUT2D eigenvalue weighted by Gasteiger charge is -2.12. The number of unbranched alkanes of at least 4 members (excludes halogenated alkanes) is 1. The summed E-state index contributed by atoms with van der Waals surface area (Å²) in [6, 6.07) is 3.95. The van der Waals surface area contributed by atoms with Gasteiger partial charge in [0.1, 0.15) is 17.3 Å². The van der Waals surface area contributed by atoms with Crippen molar-refractivity contribution in [2.75, 3.05) is 6.61 Å². The molecule has 9 heteroatoms. The maximum atomic E-state index is 12.1. The van der Waals surface area contributed by atoms with E-state index < -0.39 is 6.36 Å². The zero-order chi connectivity index (χ0) is 15.9. The molecule has 0 unspecified atom stereocenters. The Labute approximate surface area is 127 Å². The van der Waals surface area contributed by atoms with Crippen molar-refractivity contribution in [3.05, 3.63) is 22.7 Å². The monoisotopic (exact) mass is 370 g/mol. The van der Waals surface area contributed by atoms with Crippen molar-refractivity contribution in [1.29, 1.82) is 0 Å². The quantitative estimate of drug-likeness (QED) is 0.252. The predicted molar refractivity (Wildman–Crippen MR) is 73.6 cm³/mol. The van der Waals surface area contributed by atoms with Gasteiger partial charge in [0.15, 0.2) is 0 Å². The summed E-state index contributed by atoms with van der Waals surface area (Å²) in [7, 11) is 0. The molecular weight excluding hydrogens is 357 g/mol. The molecule has 0 bridgehead atoms. The van der Waals surface area contributed by atoms with Crippen molar-refractivity contribution in [1.82, 2.24) is 0 Å². The van der Waals surface area contributed by atoms with E-state index in [2.05, 4.69) is 25.8 Å². The maximum absolute atomic E-state index is 12.1. The van der Waals surface area contributed by atoms with Crippen LogP contribution in [0.15, 0.2) is 27.8 Å². The van der Waals surface area contributed by atoms with E-state index in [1.54, 1.807) is 0 Å². The highest BCUT2D eigenvalue weighted by Crippen LogP contribution is 2.33. The molecule has 3 N–H and O–H groups in total. The van der Waals surface area contributed by atoms with E-state index in [0.29, 0.717) is 31.6 Å². The average Bonchev–Trinajstić information content (AvgIpc) is 2.39. The molecule has 118 valence electrons. The number of alkyl halides is 3. The number of halogens is 4. The minimum Gasteiger partial charge on any atom is -0.494 e. The van der Waals surface area contributed by atoms with Crippen molar-refractivity contribution in [2.24, 2.45) is 10.9 Å². The van der Waals surface area contributed by atoms with E-state index >= 15 is 0 Å². The number of nitrogens with two attached hydrogens (primary N) is 1. The lowest BCUT2D eigenvalue weighted by atomic mass is 10.2. The van der Waals surface area contributed by atoms with Crippen LogP contribution in [0.4, 0.5) is 13.2 Å². The van der Waals surface area contributed by atoms with Gasteiger partial charge in [0.2, 0.25) is 0 Å². The van der Waals surface area contributed by atoms with E-state index in [4.69, 9.17) is 15.7 Å². The Balaban J connectivity index is 2.42. The molecule has 5 nitrogen and oxygen atoms in total. The largest absolute Gasteiger partial charge is 0.573 e. The van der Waals surface area contributed by atoms with Crippen LogP contribution in [0.1, 0.15) is 19.3 Å². The highest BCUT2D eigenvalue weighted by atomic mass is 79.9. The molecule has 0 heterocycles. The van der Waals surface area contributed by atoms with Crippen LogP contribution in [0.3, 0.4) is 0 Å². The van der Waals surface area contributed by atoms with Gasteiger partial charge < -0.3 is 20.4 Å². The molecule has 1 aromatic rings. The van der Waals surface area contributed by atoms with Crippen LogP contribution >= 0.6 is 15.9 Å². The molecule has 0 spiro atoms. The third kappa shape index (κ3) is 7.07. The van der Waals surface area contributed by atoms with E-state index in [1.165, 1.54) is 18.2 Å². The number of nitrogens with zero attached hydrogens (tertiary/aromatic N) is 1. The third-order valence-electron chi connectivity index (χ3n) is 2.35. The van der Waals surface area contributed by atoms with Gasteiger partial charge in [-0.05, 0) is 47.0 Å². The number of hydrogen-bond acceptors (Lipinski definition) is 4. The summed E-state index contributed by atoms with van der Waals surface area (Å²) in [5.74, 6) is 0.230. The minimum absolute atomic E-state index is 0.145. The zero-order valence-electron chi connectivity index (χ0n) is 10.9. The van der Waals surface area contributed by atoms with Crippen LogP contribution < -0.4 is 15.2 Å². The van der Waals surface area contributed by atoms with Crippen LogP contribution in [-0.4, -0.2) is 24.0 Å². The Bertz CT molecular complexity index is 495. The molecule has 21 heavy (non-hydrogen) atoms. The van der Waals surface area contributed by atoms with Gasteiger partial charge in [0, 0.05) is 6.42 Å². The first kappa shape index (κ1) is 17.4. The highest BCUT2D eigenvalue weighted by Gasteiger charge is 2.31. The lowest BCUT2D eigenvalue weighted by Crippen LogP contribution is -2.17. The SMILES string of the molecule is N/C(CCCCOc1ccc(OC(F)(F)F)c(Br)c1)=N/O. The number of oxime groups is 1. The lowest BCUT2D eigenvalue weighted by molar-refractivity contribution is -0.274. The van der Waals surface area contributed by atoms with Gasteiger partial charge >= 0.3 is 6.36 Å². The molecule has 0 atom stereocenters. The maximum Gasteiger partial charge on any atom is 0.573 e. The first-order valence-electron chi connectivity index (χ1n) is 5.96. The van der Waals surface area contributed by atoms with Gasteiger partial charge in [-0.2, -0.15) is 0 Å². The van der Waals surface area contributed by atoms with Gasteiger partial charge in [0.05, 0.1) is 11.1 Å². The normalized spacial score (nSPS) is 12.3. The smallest absolute Gasteiger partial charge is 0.494 e. The summed E-state index contributed by atoms with van der Waals surface area (Å²) in [5.41, 5.74) is 5.30. The zero-order valence-corrected chi connectivity index (χ0v) is 12.4. The van der Waals surface area contributed by atoms with Gasteiger partial charge in [-0.3, -0.25) is 0 Å². The Hall–Kier alpha value is -1.64. The van der Waals surface area contributed by atoms with Crippen molar-refractivity contribution < 1.29 is 27.9 Å². The third-order valence-corrected chi connectivity index (χ3v) is 2.97. The Morgan fingerprint density at radius 2 is 2.05 bits per heavy atom. The first-order valence-corrected chi connectivity index (χ1v) is 6.75.